The highest BCUT2D eigenvalue weighted by molar-refractivity contribution is 5.70. The Morgan fingerprint density at radius 3 is 1.46 bits per heavy atom. The van der Waals surface area contributed by atoms with Gasteiger partial charge in [0.15, 0.2) is 0 Å². The van der Waals surface area contributed by atoms with Crippen molar-refractivity contribution in [1.82, 2.24) is 20.4 Å². The maximum Gasteiger partial charge on any atom is 0.407 e. The SMILES string of the molecule is CCCCCCCCC(CC)OC(=O)NCCCCCOC(=O)CCN(CCC(=O)OCCCCCNC(=O)OC(CC)CCCCCCCC)CCC1CCCN1C. The molecule has 12 nitrogen and oxygen atoms in total. The van der Waals surface area contributed by atoms with Gasteiger partial charge in [-0.05, 0) is 116 Å². The van der Waals surface area contributed by atoms with Crippen LogP contribution in [0, 0.1) is 0 Å². The number of hydrogen-bond donors (Lipinski definition) is 2. The number of rotatable bonds is 39. The monoisotopic (exact) mass is 839 g/mol. The summed E-state index contributed by atoms with van der Waals surface area (Å²) >= 11 is 0. The van der Waals surface area contributed by atoms with Crippen molar-refractivity contribution in [3.8, 4) is 0 Å². The van der Waals surface area contributed by atoms with Crippen molar-refractivity contribution in [3.63, 3.8) is 0 Å². The highest BCUT2D eigenvalue weighted by Crippen LogP contribution is 2.19. The number of nitrogens with zero attached hydrogens (tertiary/aromatic N) is 2. The highest BCUT2D eigenvalue weighted by Gasteiger charge is 2.22. The van der Waals surface area contributed by atoms with E-state index >= 15 is 0 Å². The van der Waals surface area contributed by atoms with Crippen LogP contribution < -0.4 is 10.6 Å². The Morgan fingerprint density at radius 2 is 1.03 bits per heavy atom. The molecule has 1 fully saturated rings. The lowest BCUT2D eigenvalue weighted by Gasteiger charge is -2.26. The predicted octanol–water partition coefficient (Wildman–Crippen LogP) is 10.5. The smallest absolute Gasteiger partial charge is 0.407 e. The minimum atomic E-state index is -0.342. The van der Waals surface area contributed by atoms with Gasteiger partial charge in [-0.1, -0.05) is 91.9 Å². The van der Waals surface area contributed by atoms with Gasteiger partial charge >= 0.3 is 24.1 Å². The zero-order valence-corrected chi connectivity index (χ0v) is 38.6. The molecule has 1 rings (SSSR count). The van der Waals surface area contributed by atoms with Gasteiger partial charge in [-0.3, -0.25) is 9.59 Å². The van der Waals surface area contributed by atoms with E-state index in [2.05, 4.69) is 55.2 Å². The molecule has 1 aliphatic heterocycles. The summed E-state index contributed by atoms with van der Waals surface area (Å²) in [6.07, 6.45) is 26.2. The van der Waals surface area contributed by atoms with Crippen molar-refractivity contribution < 1.29 is 38.1 Å². The second kappa shape index (κ2) is 38.3. The van der Waals surface area contributed by atoms with Gasteiger partial charge in [-0.25, -0.2) is 9.59 Å². The fourth-order valence-electron chi connectivity index (χ4n) is 7.60. The molecule has 3 atom stereocenters. The summed E-state index contributed by atoms with van der Waals surface area (Å²) in [5, 5.41) is 5.73. The van der Waals surface area contributed by atoms with Crippen LogP contribution in [0.5, 0.6) is 0 Å². The number of hydrogen-bond acceptors (Lipinski definition) is 10. The lowest BCUT2D eigenvalue weighted by molar-refractivity contribution is -0.144. The molecule has 59 heavy (non-hydrogen) atoms. The molecule has 0 aromatic rings. The fraction of sp³-hybridized carbons (Fsp3) is 0.915. The number of ether oxygens (including phenoxy) is 4. The largest absolute Gasteiger partial charge is 0.466 e. The molecule has 0 spiro atoms. The Balaban J connectivity index is 2.23. The quantitative estimate of drug-likeness (QED) is 0.0350. The maximum atomic E-state index is 12.6. The molecular weight excluding hydrogens is 749 g/mol. The lowest BCUT2D eigenvalue weighted by Crippen LogP contribution is -2.34. The van der Waals surface area contributed by atoms with E-state index < -0.39 is 0 Å². The highest BCUT2D eigenvalue weighted by atomic mass is 16.6. The fourth-order valence-corrected chi connectivity index (χ4v) is 7.60. The summed E-state index contributed by atoms with van der Waals surface area (Å²) < 4.78 is 22.3. The topological polar surface area (TPSA) is 136 Å². The Morgan fingerprint density at radius 1 is 0.593 bits per heavy atom. The number of amides is 2. The van der Waals surface area contributed by atoms with Gasteiger partial charge in [0.1, 0.15) is 12.2 Å². The number of carbonyl (C=O) groups is 4. The summed E-state index contributed by atoms with van der Waals surface area (Å²) in [6.45, 7) is 13.4. The van der Waals surface area contributed by atoms with E-state index in [0.29, 0.717) is 45.4 Å². The number of esters is 2. The minimum absolute atomic E-state index is 0.0253. The molecule has 0 radical (unpaired) electrons. The number of unbranched alkanes of at least 4 members (excludes halogenated alkanes) is 14. The van der Waals surface area contributed by atoms with Crippen molar-refractivity contribution in [3.05, 3.63) is 0 Å². The van der Waals surface area contributed by atoms with Gasteiger partial charge in [-0.2, -0.15) is 0 Å². The zero-order chi connectivity index (χ0) is 43.2. The Bertz CT molecular complexity index is 982. The Kier molecular flexibility index (Phi) is 35.4. The average molecular weight is 839 g/mol. The molecule has 3 unspecified atom stereocenters. The van der Waals surface area contributed by atoms with Gasteiger partial charge in [0, 0.05) is 32.2 Å². The van der Waals surface area contributed by atoms with Crippen LogP contribution in [0.25, 0.3) is 0 Å². The van der Waals surface area contributed by atoms with Crippen LogP contribution in [-0.2, 0) is 28.5 Å². The number of likely N-dealkylation sites (tertiary alicyclic amines) is 1. The molecule has 0 aromatic heterocycles. The molecule has 0 saturated carbocycles. The predicted molar refractivity (Wildman–Crippen MR) is 239 cm³/mol. The van der Waals surface area contributed by atoms with Gasteiger partial charge in [-0.15, -0.1) is 0 Å². The summed E-state index contributed by atoms with van der Waals surface area (Å²) in [6, 6.07) is 0.528. The van der Waals surface area contributed by atoms with E-state index in [1.165, 1.54) is 77.0 Å². The van der Waals surface area contributed by atoms with Crippen molar-refractivity contribution in [2.75, 3.05) is 59.5 Å². The molecule has 1 heterocycles. The second-order valence-electron chi connectivity index (χ2n) is 16.8. The normalized spacial score (nSPS) is 15.2. The second-order valence-corrected chi connectivity index (χ2v) is 16.8. The van der Waals surface area contributed by atoms with Crippen molar-refractivity contribution >= 4 is 24.1 Å². The molecule has 346 valence electrons. The third kappa shape index (κ3) is 31.9. The van der Waals surface area contributed by atoms with Crippen LogP contribution in [0.2, 0.25) is 0 Å². The molecule has 1 aliphatic rings. The summed E-state index contributed by atoms with van der Waals surface area (Å²) in [5.74, 6) is -0.455. The first-order valence-corrected chi connectivity index (χ1v) is 24.3. The Labute approximate surface area is 360 Å². The third-order valence-electron chi connectivity index (χ3n) is 11.6. The van der Waals surface area contributed by atoms with E-state index in [4.69, 9.17) is 18.9 Å². The summed E-state index contributed by atoms with van der Waals surface area (Å²) in [4.78, 5) is 54.3. The van der Waals surface area contributed by atoms with Crippen molar-refractivity contribution in [2.24, 2.45) is 0 Å². The van der Waals surface area contributed by atoms with Crippen molar-refractivity contribution in [1.29, 1.82) is 0 Å². The lowest BCUT2D eigenvalue weighted by atomic mass is 10.1. The molecule has 12 heteroatoms. The van der Waals surface area contributed by atoms with Gasteiger partial charge < -0.3 is 39.4 Å². The van der Waals surface area contributed by atoms with E-state index in [1.807, 2.05) is 0 Å². The summed E-state index contributed by atoms with van der Waals surface area (Å²) in [7, 11) is 2.17. The van der Waals surface area contributed by atoms with Crippen LogP contribution >= 0.6 is 0 Å². The first-order valence-electron chi connectivity index (χ1n) is 24.3. The molecule has 0 aromatic carbocycles. The summed E-state index contributed by atoms with van der Waals surface area (Å²) in [5.41, 5.74) is 0. The van der Waals surface area contributed by atoms with E-state index in [-0.39, 0.29) is 49.2 Å². The van der Waals surface area contributed by atoms with Gasteiger partial charge in [0.2, 0.25) is 0 Å². The van der Waals surface area contributed by atoms with Crippen molar-refractivity contribution in [2.45, 2.75) is 219 Å². The van der Waals surface area contributed by atoms with Gasteiger partial charge in [0.05, 0.1) is 26.1 Å². The van der Waals surface area contributed by atoms with E-state index in [0.717, 1.165) is 96.6 Å². The van der Waals surface area contributed by atoms with Crippen LogP contribution in [0.4, 0.5) is 9.59 Å². The van der Waals surface area contributed by atoms with Crippen LogP contribution in [0.1, 0.15) is 201 Å². The standard InChI is InChI=1S/C47H90N4O8/c1-6-10-12-14-16-20-28-42(8-3)58-46(54)48-33-22-18-24-39-56-44(52)31-37-51(36-30-41-27-26-35-50(41)5)38-32-45(53)57-40-25-19-23-34-49-47(55)59-43(9-4)29-21-17-15-13-11-7-2/h41-43H,6-40H2,1-5H3,(H,48,54)(H,49,55). The molecule has 0 aliphatic carbocycles. The van der Waals surface area contributed by atoms with E-state index in [9.17, 15) is 19.2 Å². The zero-order valence-electron chi connectivity index (χ0n) is 38.6. The van der Waals surface area contributed by atoms with Crippen LogP contribution in [-0.4, -0.2) is 112 Å². The molecule has 2 amide bonds. The third-order valence-corrected chi connectivity index (χ3v) is 11.6. The first kappa shape index (κ1) is 54.4. The van der Waals surface area contributed by atoms with Gasteiger partial charge in [0.25, 0.3) is 0 Å². The van der Waals surface area contributed by atoms with Crippen LogP contribution in [0.15, 0.2) is 0 Å². The molecular formula is C47H90N4O8. The minimum Gasteiger partial charge on any atom is -0.466 e. The van der Waals surface area contributed by atoms with E-state index in [1.54, 1.807) is 0 Å². The first-order chi connectivity index (χ1) is 28.7. The molecule has 2 N–H and O–H groups in total. The Hall–Kier alpha value is -2.60. The average Bonchev–Trinajstić information content (AvgIpc) is 3.65. The van der Waals surface area contributed by atoms with Crippen LogP contribution in [0.3, 0.4) is 0 Å². The number of nitrogens with one attached hydrogen (secondary N) is 2. The molecule has 0 bridgehead atoms. The maximum absolute atomic E-state index is 12.6. The number of alkyl carbamates (subject to hydrolysis) is 2. The number of carbonyl (C=O) groups excluding carboxylic acids is 4. The molecule has 1 saturated heterocycles.